The molecule has 1 aromatic carbocycles. The molecule has 2 saturated heterocycles. The first-order valence-corrected chi connectivity index (χ1v) is 7.12. The fraction of sp³-hybridized carbons (Fsp3) is 0.467. The summed E-state index contributed by atoms with van der Waals surface area (Å²) in [5.41, 5.74) is 0.549. The molecule has 5 nitrogen and oxygen atoms in total. The molecule has 1 aromatic rings. The van der Waals surface area contributed by atoms with Crippen LogP contribution in [0.3, 0.4) is 0 Å². The number of hydrogen-bond donors (Lipinski definition) is 2. The standard InChI is InChI=1S/C15H17FN2O3/c16-10-2-3-13(11(7-10)15(20)21)18-6-5-12-9(8-18)1-4-14(19)17-12/h2-3,7,9,12H,1,4-6,8H2,(H,17,19)(H,20,21). The first kappa shape index (κ1) is 13.9. The molecule has 2 aliphatic heterocycles. The third-order valence-electron chi connectivity index (χ3n) is 4.35. The fourth-order valence-corrected chi connectivity index (χ4v) is 3.28. The summed E-state index contributed by atoms with van der Waals surface area (Å²) in [4.78, 5) is 24.7. The van der Waals surface area contributed by atoms with Crippen molar-refractivity contribution in [2.75, 3.05) is 18.0 Å². The fourth-order valence-electron chi connectivity index (χ4n) is 3.28. The quantitative estimate of drug-likeness (QED) is 0.869. The highest BCUT2D eigenvalue weighted by molar-refractivity contribution is 5.94. The predicted molar refractivity (Wildman–Crippen MR) is 74.8 cm³/mol. The topological polar surface area (TPSA) is 69.6 Å². The number of benzene rings is 1. The van der Waals surface area contributed by atoms with E-state index >= 15 is 0 Å². The number of anilines is 1. The number of halogens is 1. The average molecular weight is 292 g/mol. The minimum Gasteiger partial charge on any atom is -0.478 e. The number of fused-ring (bicyclic) bond motifs is 1. The minimum atomic E-state index is -1.12. The van der Waals surface area contributed by atoms with Crippen LogP contribution in [0.5, 0.6) is 0 Å². The summed E-state index contributed by atoms with van der Waals surface area (Å²) in [5, 5.41) is 12.2. The lowest BCUT2D eigenvalue weighted by atomic mass is 9.85. The summed E-state index contributed by atoms with van der Waals surface area (Å²) in [5.74, 6) is -1.25. The van der Waals surface area contributed by atoms with Crippen molar-refractivity contribution in [1.29, 1.82) is 0 Å². The number of carbonyl (C=O) groups excluding carboxylic acids is 1. The third-order valence-corrected chi connectivity index (χ3v) is 4.35. The zero-order valence-electron chi connectivity index (χ0n) is 11.5. The SMILES string of the molecule is O=C1CCC2CN(c3ccc(F)cc3C(=O)O)CCC2N1. The van der Waals surface area contributed by atoms with Gasteiger partial charge < -0.3 is 15.3 Å². The first-order chi connectivity index (χ1) is 10.0. The van der Waals surface area contributed by atoms with Crippen LogP contribution in [0.2, 0.25) is 0 Å². The van der Waals surface area contributed by atoms with Gasteiger partial charge in [0, 0.05) is 25.6 Å². The number of carbonyl (C=O) groups is 2. The Balaban J connectivity index is 1.82. The predicted octanol–water partition coefficient (Wildman–Crippen LogP) is 1.63. The molecule has 21 heavy (non-hydrogen) atoms. The highest BCUT2D eigenvalue weighted by Crippen LogP contribution is 2.30. The molecule has 0 aromatic heterocycles. The van der Waals surface area contributed by atoms with Gasteiger partial charge >= 0.3 is 5.97 Å². The molecule has 2 aliphatic rings. The first-order valence-electron chi connectivity index (χ1n) is 7.12. The van der Waals surface area contributed by atoms with Gasteiger partial charge in [-0.1, -0.05) is 0 Å². The molecule has 2 heterocycles. The van der Waals surface area contributed by atoms with Gasteiger partial charge in [-0.15, -0.1) is 0 Å². The van der Waals surface area contributed by atoms with Crippen molar-refractivity contribution in [1.82, 2.24) is 5.32 Å². The van der Waals surface area contributed by atoms with E-state index in [0.717, 1.165) is 18.9 Å². The lowest BCUT2D eigenvalue weighted by Crippen LogP contribution is -2.54. The van der Waals surface area contributed by atoms with Gasteiger partial charge in [0.15, 0.2) is 0 Å². The van der Waals surface area contributed by atoms with E-state index < -0.39 is 11.8 Å². The maximum absolute atomic E-state index is 13.3. The van der Waals surface area contributed by atoms with Crippen LogP contribution in [0.25, 0.3) is 0 Å². The number of carboxylic acids is 1. The second-order valence-corrected chi connectivity index (χ2v) is 5.67. The number of rotatable bonds is 2. The zero-order valence-corrected chi connectivity index (χ0v) is 11.5. The van der Waals surface area contributed by atoms with Gasteiger partial charge in [-0.3, -0.25) is 4.79 Å². The molecule has 0 bridgehead atoms. The number of carboxylic acid groups (broad SMARTS) is 1. The maximum Gasteiger partial charge on any atom is 0.337 e. The smallest absolute Gasteiger partial charge is 0.337 e. The van der Waals surface area contributed by atoms with Crippen molar-refractivity contribution in [2.45, 2.75) is 25.3 Å². The number of amides is 1. The lowest BCUT2D eigenvalue weighted by Gasteiger charge is -2.42. The summed E-state index contributed by atoms with van der Waals surface area (Å²) in [7, 11) is 0. The number of piperidine rings is 2. The molecular formula is C15H17FN2O3. The normalized spacial score (nSPS) is 25.2. The van der Waals surface area contributed by atoms with Gasteiger partial charge in [0.2, 0.25) is 5.91 Å². The molecule has 3 rings (SSSR count). The molecule has 2 fully saturated rings. The Bertz CT molecular complexity index is 590. The van der Waals surface area contributed by atoms with Crippen LogP contribution < -0.4 is 10.2 Å². The van der Waals surface area contributed by atoms with E-state index in [-0.39, 0.29) is 17.5 Å². The van der Waals surface area contributed by atoms with Crippen LogP contribution in [0.4, 0.5) is 10.1 Å². The number of aromatic carboxylic acids is 1. The Labute approximate surface area is 121 Å². The number of nitrogens with one attached hydrogen (secondary N) is 1. The molecule has 1 amide bonds. The van der Waals surface area contributed by atoms with Crippen LogP contribution in [0.15, 0.2) is 18.2 Å². The molecule has 0 spiro atoms. The van der Waals surface area contributed by atoms with Gasteiger partial charge in [0.1, 0.15) is 5.82 Å². The Morgan fingerprint density at radius 2 is 2.19 bits per heavy atom. The molecule has 112 valence electrons. The van der Waals surface area contributed by atoms with E-state index in [1.54, 1.807) is 0 Å². The van der Waals surface area contributed by atoms with E-state index in [2.05, 4.69) is 5.32 Å². The van der Waals surface area contributed by atoms with Crippen LogP contribution >= 0.6 is 0 Å². The van der Waals surface area contributed by atoms with Crippen molar-refractivity contribution < 1.29 is 19.1 Å². The van der Waals surface area contributed by atoms with Crippen LogP contribution in [0.1, 0.15) is 29.6 Å². The van der Waals surface area contributed by atoms with Crippen molar-refractivity contribution >= 4 is 17.6 Å². The zero-order chi connectivity index (χ0) is 15.0. The minimum absolute atomic E-state index is 0.00621. The van der Waals surface area contributed by atoms with Crippen molar-refractivity contribution in [2.24, 2.45) is 5.92 Å². The van der Waals surface area contributed by atoms with Gasteiger partial charge in [0.25, 0.3) is 0 Å². The number of hydrogen-bond acceptors (Lipinski definition) is 3. The van der Waals surface area contributed by atoms with Crippen molar-refractivity contribution in [3.8, 4) is 0 Å². The van der Waals surface area contributed by atoms with E-state index in [1.807, 2.05) is 4.90 Å². The highest BCUT2D eigenvalue weighted by atomic mass is 19.1. The van der Waals surface area contributed by atoms with Crippen molar-refractivity contribution in [3.05, 3.63) is 29.6 Å². The second kappa shape index (κ2) is 5.35. The summed E-state index contributed by atoms with van der Waals surface area (Å²) >= 11 is 0. The highest BCUT2D eigenvalue weighted by Gasteiger charge is 2.34. The Kier molecular flexibility index (Phi) is 3.53. The molecule has 2 unspecified atom stereocenters. The third kappa shape index (κ3) is 2.70. The largest absolute Gasteiger partial charge is 0.478 e. The van der Waals surface area contributed by atoms with Gasteiger partial charge in [-0.05, 0) is 37.0 Å². The Morgan fingerprint density at radius 3 is 2.95 bits per heavy atom. The van der Waals surface area contributed by atoms with Gasteiger partial charge in [0.05, 0.1) is 11.3 Å². The van der Waals surface area contributed by atoms with E-state index in [9.17, 15) is 19.1 Å². The molecule has 0 aliphatic carbocycles. The van der Waals surface area contributed by atoms with Crippen molar-refractivity contribution in [3.63, 3.8) is 0 Å². The monoisotopic (exact) mass is 292 g/mol. The van der Waals surface area contributed by atoms with Crippen LogP contribution in [-0.2, 0) is 4.79 Å². The van der Waals surface area contributed by atoms with Crippen LogP contribution in [0, 0.1) is 11.7 Å². The Hall–Kier alpha value is -2.11. The van der Waals surface area contributed by atoms with E-state index in [4.69, 9.17) is 0 Å². The molecular weight excluding hydrogens is 275 g/mol. The lowest BCUT2D eigenvalue weighted by molar-refractivity contribution is -0.124. The van der Waals surface area contributed by atoms with E-state index in [1.165, 1.54) is 12.1 Å². The molecule has 6 heteroatoms. The summed E-state index contributed by atoms with van der Waals surface area (Å²) < 4.78 is 13.3. The molecule has 0 radical (unpaired) electrons. The van der Waals surface area contributed by atoms with Crippen LogP contribution in [-0.4, -0.2) is 36.1 Å². The second-order valence-electron chi connectivity index (χ2n) is 5.67. The van der Waals surface area contributed by atoms with Gasteiger partial charge in [-0.25, -0.2) is 9.18 Å². The Morgan fingerprint density at radius 1 is 1.38 bits per heavy atom. The van der Waals surface area contributed by atoms with E-state index in [0.29, 0.717) is 31.1 Å². The summed E-state index contributed by atoms with van der Waals surface area (Å²) in [6, 6.07) is 4.06. The summed E-state index contributed by atoms with van der Waals surface area (Å²) in [6.07, 6.45) is 2.12. The molecule has 2 atom stereocenters. The average Bonchev–Trinajstić information content (AvgIpc) is 2.46. The number of nitrogens with zero attached hydrogens (tertiary/aromatic N) is 1. The molecule has 0 saturated carbocycles. The summed E-state index contributed by atoms with van der Waals surface area (Å²) in [6.45, 7) is 1.35. The van der Waals surface area contributed by atoms with Gasteiger partial charge in [-0.2, -0.15) is 0 Å². The molecule has 2 N–H and O–H groups in total. The maximum atomic E-state index is 13.3.